The molecule has 2 saturated heterocycles. The predicted molar refractivity (Wildman–Crippen MR) is 73.3 cm³/mol. The van der Waals surface area contributed by atoms with Crippen molar-refractivity contribution in [2.24, 2.45) is 0 Å². The van der Waals surface area contributed by atoms with Gasteiger partial charge in [-0.25, -0.2) is 0 Å². The third-order valence-electron chi connectivity index (χ3n) is 4.36. The molecule has 1 N–H and O–H groups in total. The van der Waals surface area contributed by atoms with Gasteiger partial charge in [-0.05, 0) is 39.2 Å². The quantitative estimate of drug-likeness (QED) is 0.805. The molecule has 1 amide bonds. The van der Waals surface area contributed by atoms with Gasteiger partial charge in [0.25, 0.3) is 0 Å². The normalized spacial score (nSPS) is 30.1. The summed E-state index contributed by atoms with van der Waals surface area (Å²) in [6.45, 7) is 8.43. The van der Waals surface area contributed by atoms with Gasteiger partial charge in [-0.2, -0.15) is 0 Å². The average Bonchev–Trinajstić information content (AvgIpc) is 2.73. The van der Waals surface area contributed by atoms with Crippen LogP contribution in [0.4, 0.5) is 0 Å². The van der Waals surface area contributed by atoms with Crippen LogP contribution in [0.2, 0.25) is 0 Å². The Balaban J connectivity index is 1.68. The molecule has 2 unspecified atom stereocenters. The van der Waals surface area contributed by atoms with Crippen LogP contribution in [0.1, 0.15) is 46.0 Å². The number of carbonyl (C=O) groups is 1. The first-order valence-electron chi connectivity index (χ1n) is 7.48. The van der Waals surface area contributed by atoms with E-state index >= 15 is 0 Å². The first kappa shape index (κ1) is 13.8. The smallest absolute Gasteiger partial charge is 0.240 e. The molecule has 2 aliphatic rings. The summed E-state index contributed by atoms with van der Waals surface area (Å²) in [4.78, 5) is 16.5. The fourth-order valence-electron chi connectivity index (χ4n) is 3.07. The lowest BCUT2D eigenvalue weighted by Crippen LogP contribution is -2.39. The van der Waals surface area contributed by atoms with Gasteiger partial charge in [0.05, 0.1) is 12.7 Å². The van der Waals surface area contributed by atoms with Crippen LogP contribution in [0.25, 0.3) is 0 Å². The van der Waals surface area contributed by atoms with Crippen LogP contribution in [0.3, 0.4) is 0 Å². The Labute approximate surface area is 111 Å². The van der Waals surface area contributed by atoms with Gasteiger partial charge in [0, 0.05) is 19.1 Å². The Morgan fingerprint density at radius 2 is 2.17 bits per heavy atom. The van der Waals surface area contributed by atoms with Crippen molar-refractivity contribution < 1.29 is 4.79 Å². The Bertz CT molecular complexity index is 282. The molecule has 4 nitrogen and oxygen atoms in total. The number of rotatable bonds is 5. The summed E-state index contributed by atoms with van der Waals surface area (Å²) in [6.07, 6.45) is 6.06. The van der Waals surface area contributed by atoms with Crippen LogP contribution in [0.15, 0.2) is 0 Å². The molecule has 4 heteroatoms. The van der Waals surface area contributed by atoms with Crippen molar-refractivity contribution in [2.45, 2.75) is 58.0 Å². The van der Waals surface area contributed by atoms with E-state index in [2.05, 4.69) is 24.1 Å². The first-order valence-corrected chi connectivity index (χ1v) is 7.48. The number of piperidine rings is 1. The van der Waals surface area contributed by atoms with Crippen LogP contribution in [-0.2, 0) is 4.79 Å². The highest BCUT2D eigenvalue weighted by Gasteiger charge is 2.29. The highest BCUT2D eigenvalue weighted by Crippen LogP contribution is 2.16. The van der Waals surface area contributed by atoms with E-state index in [9.17, 15) is 4.79 Å². The summed E-state index contributed by atoms with van der Waals surface area (Å²) < 4.78 is 0. The molecule has 0 saturated carbocycles. The monoisotopic (exact) mass is 253 g/mol. The van der Waals surface area contributed by atoms with Gasteiger partial charge in [-0.15, -0.1) is 0 Å². The lowest BCUT2D eigenvalue weighted by molar-refractivity contribution is -0.129. The van der Waals surface area contributed by atoms with Crippen LogP contribution in [0.5, 0.6) is 0 Å². The Hall–Kier alpha value is -0.610. The van der Waals surface area contributed by atoms with E-state index in [0.29, 0.717) is 5.91 Å². The minimum Gasteiger partial charge on any atom is -0.329 e. The van der Waals surface area contributed by atoms with Crippen molar-refractivity contribution in [1.29, 1.82) is 0 Å². The maximum Gasteiger partial charge on any atom is 0.240 e. The van der Waals surface area contributed by atoms with Gasteiger partial charge in [-0.3, -0.25) is 10.1 Å². The number of nitrogens with zero attached hydrogens (tertiary/aromatic N) is 2. The van der Waals surface area contributed by atoms with Crippen LogP contribution >= 0.6 is 0 Å². The van der Waals surface area contributed by atoms with Crippen molar-refractivity contribution in [3.63, 3.8) is 0 Å². The summed E-state index contributed by atoms with van der Waals surface area (Å²) in [5.41, 5.74) is 0. The molecule has 0 radical (unpaired) electrons. The van der Waals surface area contributed by atoms with Crippen LogP contribution < -0.4 is 5.32 Å². The Morgan fingerprint density at radius 3 is 2.83 bits per heavy atom. The number of hydrogen-bond acceptors (Lipinski definition) is 3. The maximum absolute atomic E-state index is 11.9. The van der Waals surface area contributed by atoms with Gasteiger partial charge in [0.1, 0.15) is 0 Å². The molecule has 2 atom stereocenters. The first-order chi connectivity index (χ1) is 8.72. The second-order valence-corrected chi connectivity index (χ2v) is 5.66. The number of nitrogens with one attached hydrogen (secondary N) is 1. The highest BCUT2D eigenvalue weighted by molar-refractivity contribution is 5.83. The third kappa shape index (κ3) is 3.23. The van der Waals surface area contributed by atoms with Gasteiger partial charge in [0.2, 0.25) is 5.91 Å². The molecule has 0 aromatic carbocycles. The molecular weight excluding hydrogens is 226 g/mol. The van der Waals surface area contributed by atoms with E-state index in [-0.39, 0.29) is 6.04 Å². The molecule has 0 spiro atoms. The van der Waals surface area contributed by atoms with Gasteiger partial charge >= 0.3 is 0 Å². The Kier molecular flexibility index (Phi) is 5.01. The molecule has 0 aliphatic carbocycles. The number of hydrogen-bond donors (Lipinski definition) is 1. The third-order valence-corrected chi connectivity index (χ3v) is 4.36. The zero-order valence-electron chi connectivity index (χ0n) is 11.8. The van der Waals surface area contributed by atoms with Crippen molar-refractivity contribution in [1.82, 2.24) is 15.1 Å². The maximum atomic E-state index is 11.9. The molecule has 2 heterocycles. The lowest BCUT2D eigenvalue weighted by atomic mass is 10.0. The molecule has 104 valence electrons. The molecule has 0 aromatic rings. The fraction of sp³-hybridized carbons (Fsp3) is 0.929. The molecule has 2 aliphatic heterocycles. The zero-order valence-corrected chi connectivity index (χ0v) is 11.8. The van der Waals surface area contributed by atoms with E-state index in [1.807, 2.05) is 4.90 Å². The number of amides is 1. The SMILES string of the molecule is CCC1NCN(CCCN2CCCCC2C)C1=O. The summed E-state index contributed by atoms with van der Waals surface area (Å²) in [5, 5.41) is 3.27. The van der Waals surface area contributed by atoms with Crippen molar-refractivity contribution in [3.05, 3.63) is 0 Å². The minimum absolute atomic E-state index is 0.0684. The predicted octanol–water partition coefficient (Wildman–Crippen LogP) is 1.42. The lowest BCUT2D eigenvalue weighted by Gasteiger charge is -2.33. The zero-order chi connectivity index (χ0) is 13.0. The summed E-state index contributed by atoms with van der Waals surface area (Å²) in [7, 11) is 0. The molecular formula is C14H27N3O. The molecule has 0 bridgehead atoms. The van der Waals surface area contributed by atoms with E-state index in [1.54, 1.807) is 0 Å². The highest BCUT2D eigenvalue weighted by atomic mass is 16.2. The topological polar surface area (TPSA) is 35.6 Å². The summed E-state index contributed by atoms with van der Waals surface area (Å²) >= 11 is 0. The van der Waals surface area contributed by atoms with Gasteiger partial charge in [0.15, 0.2) is 0 Å². The van der Waals surface area contributed by atoms with E-state index in [1.165, 1.54) is 25.8 Å². The van der Waals surface area contributed by atoms with Crippen molar-refractivity contribution >= 4 is 5.91 Å². The number of likely N-dealkylation sites (tertiary alicyclic amines) is 1. The molecule has 18 heavy (non-hydrogen) atoms. The van der Waals surface area contributed by atoms with E-state index in [0.717, 1.165) is 38.6 Å². The van der Waals surface area contributed by atoms with E-state index in [4.69, 9.17) is 0 Å². The standard InChI is InChI=1S/C14H27N3O/c1-3-13-14(18)17(11-15-13)10-6-9-16-8-5-4-7-12(16)2/h12-13,15H,3-11H2,1-2H3. The van der Waals surface area contributed by atoms with Crippen LogP contribution in [0, 0.1) is 0 Å². The second kappa shape index (κ2) is 6.53. The molecule has 2 rings (SSSR count). The van der Waals surface area contributed by atoms with Gasteiger partial charge < -0.3 is 9.80 Å². The van der Waals surface area contributed by atoms with Crippen molar-refractivity contribution in [2.75, 3.05) is 26.3 Å². The van der Waals surface area contributed by atoms with Crippen LogP contribution in [-0.4, -0.2) is 54.1 Å². The molecule has 2 fully saturated rings. The largest absolute Gasteiger partial charge is 0.329 e. The fourth-order valence-corrected chi connectivity index (χ4v) is 3.07. The molecule has 0 aromatic heterocycles. The Morgan fingerprint density at radius 1 is 1.33 bits per heavy atom. The average molecular weight is 253 g/mol. The second-order valence-electron chi connectivity index (χ2n) is 5.66. The number of carbonyl (C=O) groups excluding carboxylic acids is 1. The van der Waals surface area contributed by atoms with Crippen molar-refractivity contribution in [3.8, 4) is 0 Å². The summed E-state index contributed by atoms with van der Waals surface area (Å²) in [6, 6.07) is 0.799. The summed E-state index contributed by atoms with van der Waals surface area (Å²) in [5.74, 6) is 0.296. The minimum atomic E-state index is 0.0684. The van der Waals surface area contributed by atoms with Gasteiger partial charge in [-0.1, -0.05) is 13.3 Å². The van der Waals surface area contributed by atoms with E-state index < -0.39 is 0 Å².